The number of aromatic nitrogens is 2. The normalized spacial score (nSPS) is 12.4. The van der Waals surface area contributed by atoms with Gasteiger partial charge in [-0.3, -0.25) is 0 Å². The lowest BCUT2D eigenvalue weighted by atomic mass is 9.34. The number of anilines is 3. The largest absolute Gasteiger partial charge is 0.456 e. The van der Waals surface area contributed by atoms with Crippen LogP contribution in [0.1, 0.15) is 0 Å². The van der Waals surface area contributed by atoms with Crippen molar-refractivity contribution in [2.45, 2.75) is 9.79 Å². The summed E-state index contributed by atoms with van der Waals surface area (Å²) < 4.78 is 12.0. The molecule has 0 unspecified atom stereocenters. The quantitative estimate of drug-likeness (QED) is 0.128. The minimum absolute atomic E-state index is 0.204. The summed E-state index contributed by atoms with van der Waals surface area (Å²) in [5.41, 5.74) is 31.9. The Balaban J connectivity index is 0.869. The Morgan fingerprint density at radius 2 is 0.725 bits per heavy atom. The van der Waals surface area contributed by atoms with E-state index >= 15 is 0 Å². The highest BCUT2D eigenvalue weighted by Gasteiger charge is 2.44. The van der Waals surface area contributed by atoms with Gasteiger partial charge in [0.25, 0.3) is 0 Å². The predicted octanol–water partition coefficient (Wildman–Crippen LogP) is 24.2. The molecule has 0 saturated carbocycles. The lowest BCUT2D eigenvalue weighted by molar-refractivity contribution is 0.668. The maximum absolute atomic E-state index is 7.09. The third-order valence-electron chi connectivity index (χ3n) is 21.4. The number of benzene rings is 16. The first-order valence-electron chi connectivity index (χ1n) is 35.1. The van der Waals surface area contributed by atoms with Gasteiger partial charge in [0.05, 0.1) is 27.8 Å². The van der Waals surface area contributed by atoms with Gasteiger partial charge in [0, 0.05) is 76.0 Å². The molecule has 21 rings (SSSR count). The maximum Gasteiger partial charge on any atom is 0.249 e. The molecule has 0 amide bonds. The predicted molar refractivity (Wildman–Crippen MR) is 430 cm³/mol. The number of para-hydroxylation sites is 4. The van der Waals surface area contributed by atoms with E-state index in [0.29, 0.717) is 0 Å². The first kappa shape index (κ1) is 58.1. The van der Waals surface area contributed by atoms with Crippen molar-refractivity contribution in [3.8, 4) is 89.3 Å². The SMILES string of the molecule is c1ccc(-c2cccc(-c3ccc4c(c3)c3ccccc3n4-c3ccc4c(c3)N(c3c(-c5ccccc5)cccc3-c3ccccc3)c3cc(-c5c(-c6ccccc6)cccc5-c5ccccc5)cc5c3B4c3ccc4oc6ccc(-n7c8ccccc8c8ccccc87)cc6c4c3S5)c2)cc1. The molecular formula is C96H60BN3OS. The Morgan fingerprint density at radius 1 is 0.275 bits per heavy atom. The molecule has 0 saturated heterocycles. The van der Waals surface area contributed by atoms with E-state index in [0.717, 1.165) is 100 Å². The summed E-state index contributed by atoms with van der Waals surface area (Å²) in [4.78, 5) is 5.08. The van der Waals surface area contributed by atoms with Crippen LogP contribution in [0.4, 0.5) is 17.1 Å². The van der Waals surface area contributed by atoms with E-state index in [1.807, 2.05) is 11.8 Å². The Kier molecular flexibility index (Phi) is 13.3. The van der Waals surface area contributed by atoms with Gasteiger partial charge in [0.15, 0.2) is 0 Å². The van der Waals surface area contributed by atoms with Crippen LogP contribution in [0.2, 0.25) is 0 Å². The molecule has 474 valence electrons. The fraction of sp³-hybridized carbons (Fsp3) is 0. The van der Waals surface area contributed by atoms with Crippen LogP contribution in [0.3, 0.4) is 0 Å². The standard InChI is InChI=1S/C96H60BN3OS/c1-6-25-61(26-7-1)66-35-22-36-67(55-66)68-47-52-86-79(56-68)78-39-18-21-46-85(78)99(86)71-48-50-81-87(60-71)100(95-74(64-31-12-4-13-32-64)42-24-43-75(95)65-33-14-5-15-34-65)88-57-69(92-72(62-27-8-2-9-28-62)40-23-41-73(92)63-29-10-3-11-30-63)58-91-94(88)97(81)82-51-54-90-93(96(82)102-91)80-59-70(49-53-89(80)101-90)98-83-44-19-16-37-76(83)77-38-17-20-45-84(77)98/h1-60H. The summed E-state index contributed by atoms with van der Waals surface area (Å²) in [7, 11) is 0. The molecule has 4 nitrogen and oxygen atoms in total. The fourth-order valence-electron chi connectivity index (χ4n) is 16.9. The van der Waals surface area contributed by atoms with Crippen molar-refractivity contribution >= 4 is 117 Å². The zero-order chi connectivity index (χ0) is 66.9. The van der Waals surface area contributed by atoms with Crippen LogP contribution < -0.4 is 21.3 Å². The third-order valence-corrected chi connectivity index (χ3v) is 22.6. The molecule has 0 aliphatic carbocycles. The molecule has 0 spiro atoms. The van der Waals surface area contributed by atoms with Crippen LogP contribution in [0, 0.1) is 0 Å². The molecule has 0 radical (unpaired) electrons. The van der Waals surface area contributed by atoms with Crippen molar-refractivity contribution < 1.29 is 4.42 Å². The molecule has 2 aliphatic heterocycles. The van der Waals surface area contributed by atoms with E-state index in [2.05, 4.69) is 378 Å². The number of nitrogens with zero attached hydrogens (tertiary/aromatic N) is 3. The van der Waals surface area contributed by atoms with Gasteiger partial charge in [-0.2, -0.15) is 0 Å². The Labute approximate surface area is 595 Å². The van der Waals surface area contributed by atoms with E-state index in [4.69, 9.17) is 4.42 Å². The monoisotopic (exact) mass is 1310 g/mol. The van der Waals surface area contributed by atoms with Crippen molar-refractivity contribution in [1.29, 1.82) is 0 Å². The van der Waals surface area contributed by atoms with Gasteiger partial charge >= 0.3 is 0 Å². The average molecular weight is 1310 g/mol. The first-order valence-corrected chi connectivity index (χ1v) is 35.9. The van der Waals surface area contributed by atoms with Gasteiger partial charge in [-0.1, -0.05) is 296 Å². The number of hydrogen-bond donors (Lipinski definition) is 0. The molecule has 6 heteroatoms. The van der Waals surface area contributed by atoms with Crippen molar-refractivity contribution in [3.63, 3.8) is 0 Å². The Hall–Kier alpha value is -12.9. The van der Waals surface area contributed by atoms with Crippen LogP contribution >= 0.6 is 11.8 Å². The summed E-state index contributed by atoms with van der Waals surface area (Å²) in [6.45, 7) is -0.204. The highest BCUT2D eigenvalue weighted by Crippen LogP contribution is 2.54. The van der Waals surface area contributed by atoms with Crippen LogP contribution in [-0.2, 0) is 0 Å². The summed E-state index contributed by atoms with van der Waals surface area (Å²) in [6, 6.07) is 135. The molecular weight excluding hydrogens is 1250 g/mol. The van der Waals surface area contributed by atoms with Crippen LogP contribution in [0.5, 0.6) is 0 Å². The average Bonchev–Trinajstić information content (AvgIpc) is 0.914. The second-order valence-corrected chi connectivity index (χ2v) is 28.0. The van der Waals surface area contributed by atoms with E-state index < -0.39 is 0 Å². The summed E-state index contributed by atoms with van der Waals surface area (Å²) in [6.07, 6.45) is 0. The lowest BCUT2D eigenvalue weighted by Gasteiger charge is -2.42. The van der Waals surface area contributed by atoms with E-state index in [1.54, 1.807) is 0 Å². The number of furan rings is 1. The Bertz CT molecular complexity index is 6430. The summed E-state index contributed by atoms with van der Waals surface area (Å²) in [5, 5.41) is 7.07. The minimum Gasteiger partial charge on any atom is -0.456 e. The van der Waals surface area contributed by atoms with Crippen LogP contribution in [0.25, 0.3) is 155 Å². The highest BCUT2D eigenvalue weighted by molar-refractivity contribution is 8.00. The highest BCUT2D eigenvalue weighted by atomic mass is 32.2. The van der Waals surface area contributed by atoms with E-state index in [1.165, 1.54) is 97.7 Å². The topological polar surface area (TPSA) is 26.2 Å². The first-order chi connectivity index (χ1) is 50.6. The fourth-order valence-corrected chi connectivity index (χ4v) is 18.3. The molecule has 0 atom stereocenters. The maximum atomic E-state index is 7.09. The van der Waals surface area contributed by atoms with Crippen molar-refractivity contribution in [2.24, 2.45) is 0 Å². The van der Waals surface area contributed by atoms with Crippen molar-refractivity contribution in [1.82, 2.24) is 9.13 Å². The minimum atomic E-state index is -0.204. The third kappa shape index (κ3) is 9.13. The molecule has 0 N–H and O–H groups in total. The molecule has 19 aromatic rings. The number of fused-ring (bicyclic) bond motifs is 14. The molecule has 16 aromatic carbocycles. The van der Waals surface area contributed by atoms with Gasteiger partial charge in [0.2, 0.25) is 6.71 Å². The van der Waals surface area contributed by atoms with E-state index in [-0.39, 0.29) is 6.71 Å². The smallest absolute Gasteiger partial charge is 0.249 e. The van der Waals surface area contributed by atoms with Crippen molar-refractivity contribution in [3.05, 3.63) is 364 Å². The molecule has 5 heterocycles. The summed E-state index contributed by atoms with van der Waals surface area (Å²) >= 11 is 1.90. The second kappa shape index (κ2) is 23.4. The molecule has 102 heavy (non-hydrogen) atoms. The summed E-state index contributed by atoms with van der Waals surface area (Å²) in [5.74, 6) is 0. The Morgan fingerprint density at radius 3 is 1.32 bits per heavy atom. The zero-order valence-electron chi connectivity index (χ0n) is 55.4. The molecule has 0 fully saturated rings. The van der Waals surface area contributed by atoms with E-state index in [9.17, 15) is 0 Å². The number of rotatable bonds is 10. The van der Waals surface area contributed by atoms with Crippen LogP contribution in [-0.4, -0.2) is 15.8 Å². The van der Waals surface area contributed by atoms with Crippen molar-refractivity contribution in [2.75, 3.05) is 4.90 Å². The number of hydrogen-bond acceptors (Lipinski definition) is 3. The van der Waals surface area contributed by atoms with Gasteiger partial charge in [-0.15, -0.1) is 0 Å². The van der Waals surface area contributed by atoms with Crippen LogP contribution in [0.15, 0.2) is 378 Å². The second-order valence-electron chi connectivity index (χ2n) is 27.0. The van der Waals surface area contributed by atoms with Gasteiger partial charge in [0.1, 0.15) is 11.2 Å². The van der Waals surface area contributed by atoms with Gasteiger partial charge < -0.3 is 18.5 Å². The van der Waals surface area contributed by atoms with Gasteiger partial charge in [-0.05, 0) is 163 Å². The zero-order valence-corrected chi connectivity index (χ0v) is 56.2. The molecule has 3 aromatic heterocycles. The lowest BCUT2D eigenvalue weighted by Crippen LogP contribution is -2.60. The molecule has 2 aliphatic rings. The molecule has 0 bridgehead atoms. The van der Waals surface area contributed by atoms with Gasteiger partial charge in [-0.25, -0.2) is 0 Å².